The number of aromatic nitrogens is 1. The van der Waals surface area contributed by atoms with Crippen molar-refractivity contribution in [1.82, 2.24) is 9.88 Å². The van der Waals surface area contributed by atoms with E-state index in [9.17, 15) is 9.59 Å². The Balaban J connectivity index is 1.33. The first-order chi connectivity index (χ1) is 14.8. The van der Waals surface area contributed by atoms with Gasteiger partial charge in [0.2, 0.25) is 5.56 Å². The number of nitrogens with zero attached hydrogens (tertiary/aromatic N) is 1. The van der Waals surface area contributed by atoms with Gasteiger partial charge in [-0.1, -0.05) is 17.7 Å². The van der Waals surface area contributed by atoms with Crippen molar-refractivity contribution in [3.63, 3.8) is 0 Å². The zero-order valence-electron chi connectivity index (χ0n) is 17.8. The summed E-state index contributed by atoms with van der Waals surface area (Å²) in [5.41, 5.74) is 0.797. The van der Waals surface area contributed by atoms with Gasteiger partial charge in [-0.05, 0) is 62.8 Å². The zero-order valence-corrected chi connectivity index (χ0v) is 18.6. The Morgan fingerprint density at radius 2 is 1.97 bits per heavy atom. The van der Waals surface area contributed by atoms with Gasteiger partial charge < -0.3 is 19.4 Å². The van der Waals surface area contributed by atoms with E-state index >= 15 is 0 Å². The van der Waals surface area contributed by atoms with E-state index in [2.05, 4.69) is 18.8 Å². The molecule has 3 aliphatic heterocycles. The van der Waals surface area contributed by atoms with Gasteiger partial charge in [0.25, 0.3) is 5.91 Å². The van der Waals surface area contributed by atoms with Crippen LogP contribution in [0.1, 0.15) is 55.3 Å². The molecule has 6 nitrogen and oxygen atoms in total. The number of carbonyl (C=O) groups is 1. The third kappa shape index (κ3) is 3.66. The van der Waals surface area contributed by atoms with Crippen LogP contribution in [0.25, 0.3) is 0 Å². The van der Waals surface area contributed by atoms with Crippen molar-refractivity contribution in [3.8, 4) is 5.75 Å². The maximum Gasteiger partial charge on any atom is 0.270 e. The number of halogens is 1. The number of ether oxygens (including phenoxy) is 2. The van der Waals surface area contributed by atoms with Crippen LogP contribution >= 0.6 is 11.6 Å². The molecule has 0 aliphatic carbocycles. The molecule has 3 aliphatic rings. The predicted octanol–water partition coefficient (Wildman–Crippen LogP) is 4.20. The number of nitrogens with one attached hydrogen (secondary N) is 1. The van der Waals surface area contributed by atoms with Gasteiger partial charge in [0, 0.05) is 35.7 Å². The molecule has 31 heavy (non-hydrogen) atoms. The molecule has 1 aromatic carbocycles. The van der Waals surface area contributed by atoms with Gasteiger partial charge >= 0.3 is 0 Å². The van der Waals surface area contributed by atoms with Crippen molar-refractivity contribution in [2.45, 2.75) is 44.8 Å². The summed E-state index contributed by atoms with van der Waals surface area (Å²) in [4.78, 5) is 28.8. The molecule has 0 radical (unpaired) electrons. The SMILES string of the molecule is CC1(C)Oc2ccc(Cl)cc2[C@H]2OCC3(CCN(C(=O)c4cccc(=O)[nH]4)CC3)C[C@@H]21. The van der Waals surface area contributed by atoms with E-state index < -0.39 is 0 Å². The third-order valence-corrected chi connectivity index (χ3v) is 7.48. The number of carbonyl (C=O) groups excluding carboxylic acids is 1. The molecule has 1 spiro atoms. The number of hydrogen-bond donors (Lipinski definition) is 1. The molecule has 2 atom stereocenters. The smallest absolute Gasteiger partial charge is 0.270 e. The normalized spacial score (nSPS) is 26.0. The quantitative estimate of drug-likeness (QED) is 0.718. The summed E-state index contributed by atoms with van der Waals surface area (Å²) in [7, 11) is 0. The van der Waals surface area contributed by atoms with Crippen LogP contribution in [0.5, 0.6) is 5.75 Å². The molecule has 0 unspecified atom stereocenters. The maximum absolute atomic E-state index is 12.8. The Kier molecular flexibility index (Phi) is 4.90. The summed E-state index contributed by atoms with van der Waals surface area (Å²) in [6, 6.07) is 10.4. The van der Waals surface area contributed by atoms with E-state index in [1.807, 2.05) is 23.1 Å². The molecule has 2 fully saturated rings. The number of pyridine rings is 1. The number of rotatable bonds is 1. The van der Waals surface area contributed by atoms with Crippen LogP contribution in [0.4, 0.5) is 0 Å². The van der Waals surface area contributed by atoms with Gasteiger partial charge in [0.05, 0.1) is 12.7 Å². The largest absolute Gasteiger partial charge is 0.487 e. The number of amides is 1. The highest BCUT2D eigenvalue weighted by atomic mass is 35.5. The minimum atomic E-state index is -0.352. The molecule has 2 saturated heterocycles. The highest BCUT2D eigenvalue weighted by Crippen LogP contribution is 2.55. The Morgan fingerprint density at radius 1 is 1.19 bits per heavy atom. The van der Waals surface area contributed by atoms with Crippen LogP contribution in [0.15, 0.2) is 41.2 Å². The van der Waals surface area contributed by atoms with E-state index in [4.69, 9.17) is 21.1 Å². The minimum Gasteiger partial charge on any atom is -0.487 e. The highest BCUT2D eigenvalue weighted by Gasteiger charge is 2.53. The number of piperidine rings is 1. The number of likely N-dealkylation sites (tertiary alicyclic amines) is 1. The van der Waals surface area contributed by atoms with Crippen LogP contribution in [-0.2, 0) is 4.74 Å². The topological polar surface area (TPSA) is 71.6 Å². The molecular formula is C24H27ClN2O4. The van der Waals surface area contributed by atoms with Crippen molar-refractivity contribution in [3.05, 3.63) is 63.0 Å². The second-order valence-corrected chi connectivity index (χ2v) is 10.1. The number of H-pyrrole nitrogens is 1. The first-order valence-corrected chi connectivity index (χ1v) is 11.2. The standard InChI is InChI=1S/C24H27ClN2O4/c1-23(2)17-13-24(14-30-21(17)16-12-15(25)6-7-19(16)31-23)8-10-27(11-9-24)22(29)18-4-3-5-20(28)26-18/h3-7,12,17,21H,8-11,13-14H2,1-2H3,(H,26,28)/t17-,21+/m0/s1. The second-order valence-electron chi connectivity index (χ2n) is 9.65. The molecule has 2 aromatic rings. The van der Waals surface area contributed by atoms with Crippen LogP contribution < -0.4 is 10.3 Å². The van der Waals surface area contributed by atoms with E-state index in [1.165, 1.54) is 6.07 Å². The fourth-order valence-corrected chi connectivity index (χ4v) is 5.58. The van der Waals surface area contributed by atoms with Crippen LogP contribution in [0, 0.1) is 11.3 Å². The second kappa shape index (κ2) is 7.38. The molecule has 1 amide bonds. The summed E-state index contributed by atoms with van der Waals surface area (Å²) in [5.74, 6) is 0.941. The number of benzene rings is 1. The summed E-state index contributed by atoms with van der Waals surface area (Å²) in [5, 5.41) is 0.690. The fourth-order valence-electron chi connectivity index (χ4n) is 5.40. The highest BCUT2D eigenvalue weighted by molar-refractivity contribution is 6.30. The lowest BCUT2D eigenvalue weighted by Crippen LogP contribution is -2.54. The summed E-state index contributed by atoms with van der Waals surface area (Å²) >= 11 is 6.26. The van der Waals surface area contributed by atoms with Crippen LogP contribution in [-0.4, -0.2) is 41.1 Å². The molecule has 0 bridgehead atoms. The average Bonchev–Trinajstić information content (AvgIpc) is 2.74. The molecule has 1 N–H and O–H groups in total. The monoisotopic (exact) mass is 442 g/mol. The van der Waals surface area contributed by atoms with Crippen molar-refractivity contribution in [2.24, 2.45) is 11.3 Å². The third-order valence-electron chi connectivity index (χ3n) is 7.24. The Morgan fingerprint density at radius 3 is 2.71 bits per heavy atom. The average molecular weight is 443 g/mol. The van der Waals surface area contributed by atoms with Crippen LogP contribution in [0.3, 0.4) is 0 Å². The van der Waals surface area contributed by atoms with Gasteiger partial charge in [-0.25, -0.2) is 0 Å². The Labute approximate surface area is 186 Å². The van der Waals surface area contributed by atoms with Crippen molar-refractivity contribution in [2.75, 3.05) is 19.7 Å². The first-order valence-electron chi connectivity index (χ1n) is 10.9. The lowest BCUT2D eigenvalue weighted by Gasteiger charge is -2.54. The molecular weight excluding hydrogens is 416 g/mol. The predicted molar refractivity (Wildman–Crippen MR) is 118 cm³/mol. The van der Waals surface area contributed by atoms with E-state index in [-0.39, 0.29) is 34.5 Å². The Bertz CT molecular complexity index is 1070. The summed E-state index contributed by atoms with van der Waals surface area (Å²) < 4.78 is 12.9. The van der Waals surface area contributed by atoms with Crippen molar-refractivity contribution >= 4 is 17.5 Å². The molecule has 0 saturated carbocycles. The number of fused-ring (bicyclic) bond motifs is 3. The van der Waals surface area contributed by atoms with Gasteiger partial charge in [0.15, 0.2) is 0 Å². The lowest BCUT2D eigenvalue weighted by atomic mass is 9.64. The zero-order chi connectivity index (χ0) is 21.8. The summed E-state index contributed by atoms with van der Waals surface area (Å²) in [6.45, 7) is 6.24. The van der Waals surface area contributed by atoms with Crippen LogP contribution in [0.2, 0.25) is 5.02 Å². The van der Waals surface area contributed by atoms with Gasteiger partial charge in [-0.3, -0.25) is 9.59 Å². The number of aromatic amines is 1. The molecule has 5 rings (SSSR count). The molecule has 7 heteroatoms. The lowest BCUT2D eigenvalue weighted by molar-refractivity contribution is -0.173. The van der Waals surface area contributed by atoms with Gasteiger partial charge in [-0.2, -0.15) is 0 Å². The maximum atomic E-state index is 12.8. The van der Waals surface area contributed by atoms with Crippen molar-refractivity contribution < 1.29 is 14.3 Å². The van der Waals surface area contributed by atoms with E-state index in [1.54, 1.807) is 12.1 Å². The molecule has 164 valence electrons. The van der Waals surface area contributed by atoms with Gasteiger partial charge in [-0.15, -0.1) is 0 Å². The molecule has 1 aromatic heterocycles. The number of hydrogen-bond acceptors (Lipinski definition) is 4. The Hall–Kier alpha value is -2.31. The fraction of sp³-hybridized carbons (Fsp3) is 0.500. The summed E-state index contributed by atoms with van der Waals surface area (Å²) in [6.07, 6.45) is 2.70. The van der Waals surface area contributed by atoms with E-state index in [0.29, 0.717) is 30.4 Å². The van der Waals surface area contributed by atoms with E-state index in [0.717, 1.165) is 30.6 Å². The van der Waals surface area contributed by atoms with Crippen molar-refractivity contribution in [1.29, 1.82) is 0 Å². The first kappa shape index (κ1) is 20.6. The molecule has 4 heterocycles. The minimum absolute atomic E-state index is 0.0265. The van der Waals surface area contributed by atoms with Gasteiger partial charge in [0.1, 0.15) is 17.0 Å².